The number of aliphatic hydroxyl groups is 1. The lowest BCUT2D eigenvalue weighted by Gasteiger charge is -2.57. The molecule has 0 aromatic carbocycles. The molecule has 0 saturated heterocycles. The van der Waals surface area contributed by atoms with Crippen LogP contribution in [0, 0.1) is 18.3 Å². The number of aryl methyl sites for hydroxylation is 1. The van der Waals surface area contributed by atoms with Gasteiger partial charge < -0.3 is 14.3 Å². The monoisotopic (exact) mass is 380 g/mol. The number of hydrogen-bond donors (Lipinski definition) is 1. The standard InChI is InChI=1S/C20H25ClO5/c1-6-10(2)18(23)26-17-14-11(3)9-25-15(14)16(22)20(24)13(21)8-7-12(4)19(17,20)5/h6,9,12-13,17,24H,7-8H2,1-5H3. The molecule has 1 heterocycles. The molecule has 0 bridgehead atoms. The summed E-state index contributed by atoms with van der Waals surface area (Å²) in [5.74, 6) is -1.05. The lowest BCUT2D eigenvalue weighted by Crippen LogP contribution is -2.68. The van der Waals surface area contributed by atoms with Crippen LogP contribution in [0.2, 0.25) is 0 Å². The molecule has 1 fully saturated rings. The highest BCUT2D eigenvalue weighted by Gasteiger charge is 2.70. The van der Waals surface area contributed by atoms with Gasteiger partial charge in [-0.05, 0) is 45.1 Å². The number of ketones is 1. The van der Waals surface area contributed by atoms with E-state index in [0.717, 1.165) is 12.0 Å². The summed E-state index contributed by atoms with van der Waals surface area (Å²) in [6.45, 7) is 8.99. The van der Waals surface area contributed by atoms with Crippen molar-refractivity contribution in [1.29, 1.82) is 0 Å². The van der Waals surface area contributed by atoms with Crippen LogP contribution in [0.5, 0.6) is 0 Å². The number of carbonyl (C=O) groups excluding carboxylic acids is 2. The first-order chi connectivity index (χ1) is 12.1. The zero-order valence-corrected chi connectivity index (χ0v) is 16.5. The number of halogens is 1. The highest BCUT2D eigenvalue weighted by Crippen LogP contribution is 2.62. The average molecular weight is 381 g/mol. The van der Waals surface area contributed by atoms with Crippen LogP contribution in [0.15, 0.2) is 22.3 Å². The molecule has 0 amide bonds. The van der Waals surface area contributed by atoms with Crippen LogP contribution in [-0.4, -0.2) is 27.8 Å². The molecule has 1 saturated carbocycles. The number of hydrogen-bond acceptors (Lipinski definition) is 5. The second-order valence-corrected chi connectivity index (χ2v) is 8.27. The lowest BCUT2D eigenvalue weighted by molar-refractivity contribution is -0.189. The van der Waals surface area contributed by atoms with Gasteiger partial charge in [0.1, 0.15) is 6.10 Å². The predicted molar refractivity (Wildman–Crippen MR) is 97.1 cm³/mol. The van der Waals surface area contributed by atoms with Gasteiger partial charge in [0, 0.05) is 16.6 Å². The Labute approximate surface area is 158 Å². The Balaban J connectivity index is 2.24. The van der Waals surface area contributed by atoms with E-state index in [1.807, 2.05) is 6.92 Å². The van der Waals surface area contributed by atoms with Gasteiger partial charge >= 0.3 is 5.97 Å². The number of carbonyl (C=O) groups is 2. The Kier molecular flexibility index (Phi) is 4.60. The molecule has 6 heteroatoms. The molecule has 5 unspecified atom stereocenters. The second-order valence-electron chi connectivity index (χ2n) is 7.74. The Morgan fingerprint density at radius 2 is 2.12 bits per heavy atom. The number of Topliss-reactive ketones (excluding diaryl/α,β-unsaturated/α-hetero) is 1. The summed E-state index contributed by atoms with van der Waals surface area (Å²) in [4.78, 5) is 25.7. The maximum Gasteiger partial charge on any atom is 0.334 e. The first-order valence-electron chi connectivity index (χ1n) is 8.93. The average Bonchev–Trinajstić information content (AvgIpc) is 3.00. The van der Waals surface area contributed by atoms with Crippen molar-refractivity contribution < 1.29 is 23.8 Å². The van der Waals surface area contributed by atoms with Crippen LogP contribution in [-0.2, 0) is 9.53 Å². The van der Waals surface area contributed by atoms with Crippen molar-refractivity contribution in [3.05, 3.63) is 34.8 Å². The normalized spacial score (nSPS) is 37.1. The van der Waals surface area contributed by atoms with Gasteiger partial charge in [-0.3, -0.25) is 4.79 Å². The molecule has 0 radical (unpaired) electrons. The highest BCUT2D eigenvalue weighted by atomic mass is 35.5. The molecule has 0 spiro atoms. The summed E-state index contributed by atoms with van der Waals surface area (Å²) in [5, 5.41) is 10.8. The first-order valence-corrected chi connectivity index (χ1v) is 9.37. The quantitative estimate of drug-likeness (QED) is 0.474. The van der Waals surface area contributed by atoms with Crippen molar-refractivity contribution in [2.75, 3.05) is 0 Å². The van der Waals surface area contributed by atoms with Gasteiger partial charge in [0.15, 0.2) is 11.4 Å². The molecule has 2 aliphatic carbocycles. The summed E-state index contributed by atoms with van der Waals surface area (Å²) >= 11 is 6.48. The molecule has 1 aromatic rings. The van der Waals surface area contributed by atoms with E-state index < -0.39 is 34.2 Å². The fourth-order valence-electron chi connectivity index (χ4n) is 4.39. The topological polar surface area (TPSA) is 76.7 Å². The number of allylic oxidation sites excluding steroid dienone is 1. The molecule has 5 atom stereocenters. The third-order valence-electron chi connectivity index (χ3n) is 6.51. The van der Waals surface area contributed by atoms with Crippen LogP contribution in [0.1, 0.15) is 68.3 Å². The first kappa shape index (κ1) is 19.2. The molecular weight excluding hydrogens is 356 g/mol. The van der Waals surface area contributed by atoms with Crippen LogP contribution in [0.3, 0.4) is 0 Å². The van der Waals surface area contributed by atoms with Crippen molar-refractivity contribution in [3.63, 3.8) is 0 Å². The van der Waals surface area contributed by atoms with Crippen molar-refractivity contribution in [1.82, 2.24) is 0 Å². The minimum absolute atomic E-state index is 0.0400. The third-order valence-corrected chi connectivity index (χ3v) is 7.05. The zero-order chi connectivity index (χ0) is 19.4. The van der Waals surface area contributed by atoms with E-state index in [1.165, 1.54) is 6.26 Å². The van der Waals surface area contributed by atoms with Crippen LogP contribution < -0.4 is 0 Å². The summed E-state index contributed by atoms with van der Waals surface area (Å²) in [6.07, 6.45) is 3.54. The predicted octanol–water partition coefficient (Wildman–Crippen LogP) is 4.11. The van der Waals surface area contributed by atoms with E-state index in [9.17, 15) is 14.7 Å². The van der Waals surface area contributed by atoms with E-state index in [-0.39, 0.29) is 11.7 Å². The highest BCUT2D eigenvalue weighted by molar-refractivity contribution is 6.25. The maximum absolute atomic E-state index is 13.2. The SMILES string of the molecule is CC=C(C)C(=O)OC1c2c(C)coc2C(=O)C2(O)C(Cl)CCC(C)C12C. The van der Waals surface area contributed by atoms with Gasteiger partial charge in [0.2, 0.25) is 5.78 Å². The van der Waals surface area contributed by atoms with E-state index >= 15 is 0 Å². The Morgan fingerprint density at radius 1 is 1.46 bits per heavy atom. The number of rotatable bonds is 2. The Morgan fingerprint density at radius 3 is 2.73 bits per heavy atom. The molecule has 3 rings (SSSR count). The van der Waals surface area contributed by atoms with Crippen molar-refractivity contribution in [2.24, 2.45) is 11.3 Å². The Bertz CT molecular complexity index is 794. The number of ether oxygens (including phenoxy) is 1. The largest absolute Gasteiger partial charge is 0.460 e. The molecule has 5 nitrogen and oxygen atoms in total. The molecular formula is C20H25ClO5. The minimum atomic E-state index is -1.86. The Hall–Kier alpha value is -1.59. The van der Waals surface area contributed by atoms with E-state index in [0.29, 0.717) is 17.6 Å². The molecule has 1 N–H and O–H groups in total. The summed E-state index contributed by atoms with van der Waals surface area (Å²) in [5.41, 5.74) is -1.20. The van der Waals surface area contributed by atoms with Crippen molar-refractivity contribution in [3.8, 4) is 0 Å². The maximum atomic E-state index is 13.2. The fourth-order valence-corrected chi connectivity index (χ4v) is 4.85. The summed E-state index contributed by atoms with van der Waals surface area (Å²) in [7, 11) is 0. The van der Waals surface area contributed by atoms with E-state index in [4.69, 9.17) is 20.8 Å². The molecule has 2 aliphatic rings. The van der Waals surface area contributed by atoms with Gasteiger partial charge in [-0.15, -0.1) is 11.6 Å². The number of esters is 1. The van der Waals surface area contributed by atoms with E-state index in [2.05, 4.69) is 0 Å². The van der Waals surface area contributed by atoms with Gasteiger partial charge in [-0.1, -0.05) is 19.9 Å². The molecule has 1 aromatic heterocycles. The van der Waals surface area contributed by atoms with E-state index in [1.54, 1.807) is 33.8 Å². The molecule has 0 aliphatic heterocycles. The van der Waals surface area contributed by atoms with Crippen LogP contribution in [0.25, 0.3) is 0 Å². The third kappa shape index (κ3) is 2.26. The smallest absolute Gasteiger partial charge is 0.334 e. The summed E-state index contributed by atoms with van der Waals surface area (Å²) < 4.78 is 11.3. The number of fused-ring (bicyclic) bond motifs is 2. The molecule has 142 valence electrons. The van der Waals surface area contributed by atoms with Crippen molar-refractivity contribution >= 4 is 23.4 Å². The molecule has 26 heavy (non-hydrogen) atoms. The summed E-state index contributed by atoms with van der Waals surface area (Å²) in [6, 6.07) is 0. The number of alkyl halides is 1. The van der Waals surface area contributed by atoms with Gasteiger partial charge in [0.05, 0.1) is 11.6 Å². The fraction of sp³-hybridized carbons (Fsp3) is 0.600. The number of furan rings is 1. The van der Waals surface area contributed by atoms with Crippen LogP contribution >= 0.6 is 11.6 Å². The van der Waals surface area contributed by atoms with Gasteiger partial charge in [-0.2, -0.15) is 0 Å². The van der Waals surface area contributed by atoms with Gasteiger partial charge in [0.25, 0.3) is 0 Å². The van der Waals surface area contributed by atoms with Gasteiger partial charge in [-0.25, -0.2) is 4.79 Å². The van der Waals surface area contributed by atoms with Crippen molar-refractivity contribution in [2.45, 2.75) is 64.5 Å². The van der Waals surface area contributed by atoms with Crippen LogP contribution in [0.4, 0.5) is 0 Å². The minimum Gasteiger partial charge on any atom is -0.460 e. The zero-order valence-electron chi connectivity index (χ0n) is 15.8. The second kappa shape index (κ2) is 6.24. The lowest BCUT2D eigenvalue weighted by atomic mass is 9.51.